The van der Waals surface area contributed by atoms with E-state index in [2.05, 4.69) is 28.2 Å². The average molecular weight is 284 g/mol. The van der Waals surface area contributed by atoms with Crippen LogP contribution < -0.4 is 5.32 Å². The predicted octanol–water partition coefficient (Wildman–Crippen LogP) is 2.63. The van der Waals surface area contributed by atoms with Crippen LogP contribution in [0.1, 0.15) is 30.4 Å². The highest BCUT2D eigenvalue weighted by atomic mass is 35.5. The number of pyridine rings is 1. The van der Waals surface area contributed by atoms with Gasteiger partial charge in [0.1, 0.15) is 0 Å². The molecule has 2 heterocycles. The fourth-order valence-corrected chi connectivity index (χ4v) is 2.68. The SMILES string of the molecule is CNCCC1CCN(Cc2cnccc2C)CC1.Cl. The molecule has 1 aromatic rings. The first kappa shape index (κ1) is 16.4. The molecular weight excluding hydrogens is 258 g/mol. The number of aryl methyl sites for hydroxylation is 1. The van der Waals surface area contributed by atoms with Crippen LogP contribution in [0.5, 0.6) is 0 Å². The molecule has 0 aliphatic carbocycles. The number of nitrogens with zero attached hydrogens (tertiary/aromatic N) is 2. The summed E-state index contributed by atoms with van der Waals surface area (Å²) in [5.74, 6) is 0.920. The number of piperidine rings is 1. The summed E-state index contributed by atoms with van der Waals surface area (Å²) in [6.45, 7) is 6.88. The van der Waals surface area contributed by atoms with Crippen molar-refractivity contribution in [3.8, 4) is 0 Å². The molecular formula is C15H26ClN3. The lowest BCUT2D eigenvalue weighted by atomic mass is 9.93. The smallest absolute Gasteiger partial charge is 0.0315 e. The summed E-state index contributed by atoms with van der Waals surface area (Å²) < 4.78 is 0. The number of hydrogen-bond donors (Lipinski definition) is 1. The average Bonchev–Trinajstić information content (AvgIpc) is 2.41. The van der Waals surface area contributed by atoms with E-state index in [1.54, 1.807) is 0 Å². The maximum absolute atomic E-state index is 4.23. The van der Waals surface area contributed by atoms with Crippen LogP contribution >= 0.6 is 12.4 Å². The Bertz CT molecular complexity index is 362. The van der Waals surface area contributed by atoms with Crippen LogP contribution in [0, 0.1) is 12.8 Å². The summed E-state index contributed by atoms with van der Waals surface area (Å²) in [5, 5.41) is 3.25. The number of hydrogen-bond acceptors (Lipinski definition) is 3. The van der Waals surface area contributed by atoms with Gasteiger partial charge in [-0.1, -0.05) is 0 Å². The summed E-state index contributed by atoms with van der Waals surface area (Å²) in [7, 11) is 2.04. The van der Waals surface area contributed by atoms with Gasteiger partial charge in [-0.2, -0.15) is 0 Å². The molecule has 19 heavy (non-hydrogen) atoms. The van der Waals surface area contributed by atoms with E-state index in [1.807, 2.05) is 19.4 Å². The number of rotatable bonds is 5. The van der Waals surface area contributed by atoms with Crippen LogP contribution in [0.2, 0.25) is 0 Å². The first-order valence-electron chi connectivity index (χ1n) is 7.06. The molecule has 0 radical (unpaired) electrons. The molecule has 3 nitrogen and oxygen atoms in total. The van der Waals surface area contributed by atoms with Crippen LogP contribution in [-0.4, -0.2) is 36.6 Å². The molecule has 0 unspecified atom stereocenters. The maximum atomic E-state index is 4.23. The number of nitrogens with one attached hydrogen (secondary N) is 1. The van der Waals surface area contributed by atoms with Gasteiger partial charge in [-0.25, -0.2) is 0 Å². The summed E-state index contributed by atoms with van der Waals surface area (Å²) in [6, 6.07) is 2.11. The summed E-state index contributed by atoms with van der Waals surface area (Å²) in [6.07, 6.45) is 7.92. The molecule has 1 aliphatic rings. The van der Waals surface area contributed by atoms with E-state index >= 15 is 0 Å². The Morgan fingerprint density at radius 2 is 2.11 bits per heavy atom. The number of halogens is 1. The fourth-order valence-electron chi connectivity index (χ4n) is 2.68. The first-order valence-corrected chi connectivity index (χ1v) is 7.06. The van der Waals surface area contributed by atoms with Crippen LogP contribution in [0.3, 0.4) is 0 Å². The van der Waals surface area contributed by atoms with E-state index in [1.165, 1.54) is 43.5 Å². The van der Waals surface area contributed by atoms with Crippen molar-refractivity contribution in [1.29, 1.82) is 0 Å². The maximum Gasteiger partial charge on any atom is 0.0315 e. The van der Waals surface area contributed by atoms with Gasteiger partial charge in [-0.05, 0) is 76.0 Å². The minimum absolute atomic E-state index is 0. The van der Waals surface area contributed by atoms with Gasteiger partial charge in [0.15, 0.2) is 0 Å². The molecule has 1 aromatic heterocycles. The molecule has 0 saturated carbocycles. The Morgan fingerprint density at radius 1 is 1.37 bits per heavy atom. The molecule has 0 aromatic carbocycles. The zero-order chi connectivity index (χ0) is 12.8. The molecule has 2 rings (SSSR count). The molecule has 4 heteroatoms. The van der Waals surface area contributed by atoms with E-state index in [9.17, 15) is 0 Å². The Labute approximate surface area is 123 Å². The molecule has 0 amide bonds. The Kier molecular flexibility index (Phi) is 7.36. The van der Waals surface area contributed by atoms with Crippen LogP contribution in [0.4, 0.5) is 0 Å². The zero-order valence-electron chi connectivity index (χ0n) is 12.1. The van der Waals surface area contributed by atoms with Gasteiger partial charge in [0.05, 0.1) is 0 Å². The second kappa shape index (κ2) is 8.51. The third-order valence-corrected chi connectivity index (χ3v) is 4.05. The predicted molar refractivity (Wildman–Crippen MR) is 82.8 cm³/mol. The van der Waals surface area contributed by atoms with Crippen molar-refractivity contribution >= 4 is 12.4 Å². The molecule has 1 saturated heterocycles. The molecule has 0 bridgehead atoms. The summed E-state index contributed by atoms with van der Waals surface area (Å²) in [5.41, 5.74) is 2.74. The van der Waals surface area contributed by atoms with Crippen molar-refractivity contribution in [1.82, 2.24) is 15.2 Å². The van der Waals surface area contributed by atoms with Crippen molar-refractivity contribution in [2.75, 3.05) is 26.7 Å². The quantitative estimate of drug-likeness (QED) is 0.900. The lowest BCUT2D eigenvalue weighted by Crippen LogP contribution is -2.34. The Morgan fingerprint density at radius 3 is 2.74 bits per heavy atom. The monoisotopic (exact) mass is 283 g/mol. The Hall–Kier alpha value is -0.640. The highest BCUT2D eigenvalue weighted by Gasteiger charge is 2.19. The van der Waals surface area contributed by atoms with Crippen molar-refractivity contribution in [2.45, 2.75) is 32.7 Å². The highest BCUT2D eigenvalue weighted by molar-refractivity contribution is 5.85. The third kappa shape index (κ3) is 5.09. The van der Waals surface area contributed by atoms with Crippen molar-refractivity contribution in [2.24, 2.45) is 5.92 Å². The second-order valence-corrected chi connectivity index (χ2v) is 5.41. The van der Waals surface area contributed by atoms with E-state index < -0.39 is 0 Å². The molecule has 1 N–H and O–H groups in total. The minimum atomic E-state index is 0. The van der Waals surface area contributed by atoms with Gasteiger partial charge < -0.3 is 5.32 Å². The van der Waals surface area contributed by atoms with Gasteiger partial charge in [-0.3, -0.25) is 9.88 Å². The zero-order valence-corrected chi connectivity index (χ0v) is 12.9. The molecule has 1 aliphatic heterocycles. The number of likely N-dealkylation sites (tertiary alicyclic amines) is 1. The van der Waals surface area contributed by atoms with Crippen molar-refractivity contribution < 1.29 is 0 Å². The third-order valence-electron chi connectivity index (χ3n) is 4.05. The first-order chi connectivity index (χ1) is 8.79. The lowest BCUT2D eigenvalue weighted by Gasteiger charge is -2.32. The molecule has 1 fully saturated rings. The van der Waals surface area contributed by atoms with E-state index in [0.717, 1.165) is 19.0 Å². The van der Waals surface area contributed by atoms with Gasteiger partial charge >= 0.3 is 0 Å². The summed E-state index contributed by atoms with van der Waals surface area (Å²) in [4.78, 5) is 6.80. The topological polar surface area (TPSA) is 28.2 Å². The normalized spacial score (nSPS) is 17.2. The fraction of sp³-hybridized carbons (Fsp3) is 0.667. The minimum Gasteiger partial charge on any atom is -0.320 e. The largest absolute Gasteiger partial charge is 0.320 e. The summed E-state index contributed by atoms with van der Waals surface area (Å²) >= 11 is 0. The van der Waals surface area contributed by atoms with Gasteiger partial charge in [-0.15, -0.1) is 12.4 Å². The van der Waals surface area contributed by atoms with E-state index in [0.29, 0.717) is 0 Å². The second-order valence-electron chi connectivity index (χ2n) is 5.41. The van der Waals surface area contributed by atoms with Crippen LogP contribution in [-0.2, 0) is 6.54 Å². The van der Waals surface area contributed by atoms with Gasteiger partial charge in [0.2, 0.25) is 0 Å². The van der Waals surface area contributed by atoms with Crippen molar-refractivity contribution in [3.05, 3.63) is 29.6 Å². The lowest BCUT2D eigenvalue weighted by molar-refractivity contribution is 0.172. The van der Waals surface area contributed by atoms with E-state index in [4.69, 9.17) is 0 Å². The number of aromatic nitrogens is 1. The molecule has 0 atom stereocenters. The van der Waals surface area contributed by atoms with Gasteiger partial charge in [0.25, 0.3) is 0 Å². The standard InChI is InChI=1S/C15H25N3.ClH/c1-13-3-8-17-11-15(13)12-18-9-5-14(6-10-18)4-7-16-2;/h3,8,11,14,16H,4-7,9-10,12H2,1-2H3;1H. The van der Waals surface area contributed by atoms with Gasteiger partial charge in [0, 0.05) is 18.9 Å². The van der Waals surface area contributed by atoms with E-state index in [-0.39, 0.29) is 12.4 Å². The highest BCUT2D eigenvalue weighted by Crippen LogP contribution is 2.21. The molecule has 0 spiro atoms. The molecule has 108 valence electrons. The Balaban J connectivity index is 0.00000180. The van der Waals surface area contributed by atoms with Crippen molar-refractivity contribution in [3.63, 3.8) is 0 Å². The van der Waals surface area contributed by atoms with Crippen LogP contribution in [0.25, 0.3) is 0 Å². The van der Waals surface area contributed by atoms with Crippen LogP contribution in [0.15, 0.2) is 18.5 Å².